The van der Waals surface area contributed by atoms with Gasteiger partial charge in [-0.25, -0.2) is 9.37 Å². The number of ether oxygens (including phenoxy) is 2. The van der Waals surface area contributed by atoms with E-state index in [1.807, 2.05) is 12.1 Å². The molecule has 124 valence electrons. The Bertz CT molecular complexity index is 578. The van der Waals surface area contributed by atoms with Crippen LogP contribution in [-0.4, -0.2) is 52.9 Å². The number of carbonyl (C=O) groups is 1. The average molecular weight is 320 g/mol. The number of fused-ring (bicyclic) bond motifs is 1. The smallest absolute Gasteiger partial charge is 0.260 e. The number of pyridine rings is 1. The van der Waals surface area contributed by atoms with Gasteiger partial charge >= 0.3 is 0 Å². The Morgan fingerprint density at radius 1 is 1.39 bits per heavy atom. The fourth-order valence-corrected chi connectivity index (χ4v) is 3.78. The molecule has 1 amide bonds. The van der Waals surface area contributed by atoms with E-state index in [4.69, 9.17) is 9.47 Å². The molecule has 2 saturated heterocycles. The molecule has 1 aliphatic carbocycles. The molecule has 2 aliphatic heterocycles. The van der Waals surface area contributed by atoms with Gasteiger partial charge in [0.25, 0.3) is 5.91 Å². The van der Waals surface area contributed by atoms with Gasteiger partial charge in [-0.3, -0.25) is 4.79 Å². The number of rotatable bonds is 3. The van der Waals surface area contributed by atoms with E-state index in [1.54, 1.807) is 17.2 Å². The summed E-state index contributed by atoms with van der Waals surface area (Å²) >= 11 is 0. The van der Waals surface area contributed by atoms with Gasteiger partial charge in [-0.2, -0.15) is 0 Å². The highest BCUT2D eigenvalue weighted by atomic mass is 19.1. The predicted molar refractivity (Wildman–Crippen MR) is 80.8 cm³/mol. The molecule has 0 radical (unpaired) electrons. The quantitative estimate of drug-likeness (QED) is 0.856. The summed E-state index contributed by atoms with van der Waals surface area (Å²) in [4.78, 5) is 18.5. The van der Waals surface area contributed by atoms with Gasteiger partial charge in [-0.05, 0) is 38.2 Å². The fraction of sp³-hybridized carbons (Fsp3) is 0.647. The summed E-state index contributed by atoms with van der Waals surface area (Å²) in [5.41, 5.74) is -1.66. The van der Waals surface area contributed by atoms with Crippen molar-refractivity contribution >= 4 is 5.91 Å². The molecule has 5 nitrogen and oxygen atoms in total. The number of nitrogens with zero attached hydrogens (tertiary/aromatic N) is 2. The molecule has 1 aromatic rings. The minimum atomic E-state index is -1.66. The molecule has 3 atom stereocenters. The number of aromatic nitrogens is 1. The number of amides is 1. The first-order valence-electron chi connectivity index (χ1n) is 8.37. The minimum Gasteiger partial charge on any atom is -0.470 e. The molecular weight excluding hydrogens is 299 g/mol. The van der Waals surface area contributed by atoms with Crippen LogP contribution in [0.5, 0.6) is 5.88 Å². The Kier molecular flexibility index (Phi) is 3.71. The van der Waals surface area contributed by atoms with Crippen LogP contribution in [0.25, 0.3) is 0 Å². The van der Waals surface area contributed by atoms with Crippen molar-refractivity contribution in [1.82, 2.24) is 9.88 Å². The summed E-state index contributed by atoms with van der Waals surface area (Å²) < 4.78 is 26.4. The lowest BCUT2D eigenvalue weighted by Gasteiger charge is -2.39. The first kappa shape index (κ1) is 14.9. The van der Waals surface area contributed by atoms with Crippen LogP contribution in [0.1, 0.15) is 32.1 Å². The van der Waals surface area contributed by atoms with Crippen molar-refractivity contribution in [3.8, 4) is 5.88 Å². The monoisotopic (exact) mass is 320 g/mol. The van der Waals surface area contributed by atoms with Crippen molar-refractivity contribution in [1.29, 1.82) is 0 Å². The molecular formula is C17H21FN2O3. The molecule has 1 saturated carbocycles. The van der Waals surface area contributed by atoms with Crippen LogP contribution in [0.3, 0.4) is 0 Å². The maximum Gasteiger partial charge on any atom is 0.260 e. The number of hydrogen-bond donors (Lipinski definition) is 0. The van der Waals surface area contributed by atoms with Crippen molar-refractivity contribution in [3.05, 3.63) is 24.4 Å². The van der Waals surface area contributed by atoms with Crippen LogP contribution in [0.15, 0.2) is 24.4 Å². The van der Waals surface area contributed by atoms with Gasteiger partial charge in [0, 0.05) is 18.9 Å². The third-order valence-electron chi connectivity index (χ3n) is 5.18. The number of likely N-dealkylation sites (tertiary alicyclic amines) is 1. The summed E-state index contributed by atoms with van der Waals surface area (Å²) in [6, 6.07) is 5.37. The fourth-order valence-electron chi connectivity index (χ4n) is 3.78. The molecule has 23 heavy (non-hydrogen) atoms. The molecule has 0 unspecified atom stereocenters. The van der Waals surface area contributed by atoms with E-state index < -0.39 is 5.67 Å². The van der Waals surface area contributed by atoms with E-state index in [0.717, 1.165) is 19.3 Å². The lowest BCUT2D eigenvalue weighted by atomic mass is 9.80. The maximum atomic E-state index is 14.6. The van der Waals surface area contributed by atoms with E-state index in [0.29, 0.717) is 31.9 Å². The third-order valence-corrected chi connectivity index (χ3v) is 5.18. The van der Waals surface area contributed by atoms with Gasteiger partial charge in [0.2, 0.25) is 5.88 Å². The van der Waals surface area contributed by atoms with Crippen LogP contribution >= 0.6 is 0 Å². The predicted octanol–water partition coefficient (Wildman–Crippen LogP) is 2.11. The zero-order chi connectivity index (χ0) is 15.9. The summed E-state index contributed by atoms with van der Waals surface area (Å²) in [5.74, 6) is 0.134. The molecule has 4 rings (SSSR count). The highest BCUT2D eigenvalue weighted by Crippen LogP contribution is 2.41. The summed E-state index contributed by atoms with van der Waals surface area (Å²) in [6.45, 7) is 1.03. The highest BCUT2D eigenvalue weighted by Gasteiger charge is 2.54. The second-order valence-corrected chi connectivity index (χ2v) is 6.65. The van der Waals surface area contributed by atoms with Gasteiger partial charge in [0.1, 0.15) is 12.2 Å². The van der Waals surface area contributed by atoms with Crippen molar-refractivity contribution in [2.45, 2.75) is 56.0 Å². The zero-order valence-corrected chi connectivity index (χ0v) is 13.0. The highest BCUT2D eigenvalue weighted by molar-refractivity contribution is 5.86. The SMILES string of the molecule is O=C(N1C[C@H](Oc2ccccn2)[C@H]2OCCC[C@H]21)C1(F)CCC1. The normalized spacial score (nSPS) is 32.0. The summed E-state index contributed by atoms with van der Waals surface area (Å²) in [7, 11) is 0. The van der Waals surface area contributed by atoms with Gasteiger partial charge in [0.15, 0.2) is 5.67 Å². The van der Waals surface area contributed by atoms with Crippen LogP contribution in [0.2, 0.25) is 0 Å². The minimum absolute atomic E-state index is 0.0850. The molecule has 0 bridgehead atoms. The summed E-state index contributed by atoms with van der Waals surface area (Å²) in [6.07, 6.45) is 4.38. The Morgan fingerprint density at radius 2 is 2.26 bits per heavy atom. The van der Waals surface area contributed by atoms with Crippen LogP contribution in [0, 0.1) is 0 Å². The first-order valence-corrected chi connectivity index (χ1v) is 8.37. The second-order valence-electron chi connectivity index (χ2n) is 6.65. The van der Waals surface area contributed by atoms with Crippen LogP contribution < -0.4 is 4.74 Å². The van der Waals surface area contributed by atoms with E-state index in [2.05, 4.69) is 4.98 Å². The van der Waals surface area contributed by atoms with Gasteiger partial charge in [0.05, 0.1) is 12.6 Å². The molecule has 0 aromatic carbocycles. The van der Waals surface area contributed by atoms with Gasteiger partial charge in [-0.1, -0.05) is 6.07 Å². The van der Waals surface area contributed by atoms with E-state index in [9.17, 15) is 9.18 Å². The van der Waals surface area contributed by atoms with Crippen molar-refractivity contribution < 1.29 is 18.7 Å². The lowest BCUT2D eigenvalue weighted by molar-refractivity contribution is -0.153. The number of hydrogen-bond acceptors (Lipinski definition) is 4. The molecule has 6 heteroatoms. The lowest BCUT2D eigenvalue weighted by Crippen LogP contribution is -2.53. The largest absolute Gasteiger partial charge is 0.470 e. The van der Waals surface area contributed by atoms with Crippen LogP contribution in [-0.2, 0) is 9.53 Å². The standard InChI is InChI=1S/C17H21FN2O3/c18-17(7-4-8-17)16(21)20-11-13(15-12(20)5-3-10-22-15)23-14-6-1-2-9-19-14/h1-2,6,9,12-13,15H,3-5,7-8,10-11H2/t12-,13+,15+/m1/s1. The molecule has 3 fully saturated rings. The van der Waals surface area contributed by atoms with Crippen molar-refractivity contribution in [3.63, 3.8) is 0 Å². The van der Waals surface area contributed by atoms with Gasteiger partial charge in [-0.15, -0.1) is 0 Å². The topological polar surface area (TPSA) is 51.7 Å². The first-order chi connectivity index (χ1) is 11.2. The van der Waals surface area contributed by atoms with Gasteiger partial charge < -0.3 is 14.4 Å². The molecule has 3 aliphatic rings. The van der Waals surface area contributed by atoms with E-state index in [1.165, 1.54) is 0 Å². The molecule has 1 aromatic heterocycles. The van der Waals surface area contributed by atoms with E-state index in [-0.39, 0.29) is 24.2 Å². The molecule has 0 N–H and O–H groups in total. The Balaban J connectivity index is 1.53. The van der Waals surface area contributed by atoms with Crippen molar-refractivity contribution in [2.75, 3.05) is 13.2 Å². The Morgan fingerprint density at radius 3 is 2.96 bits per heavy atom. The third kappa shape index (κ3) is 2.59. The van der Waals surface area contributed by atoms with E-state index >= 15 is 0 Å². The average Bonchev–Trinajstić information content (AvgIpc) is 2.92. The second kappa shape index (κ2) is 5.74. The molecule has 0 spiro atoms. The summed E-state index contributed by atoms with van der Waals surface area (Å²) in [5, 5.41) is 0. The Hall–Kier alpha value is -1.69. The maximum absolute atomic E-state index is 14.6. The number of halogens is 1. The number of carbonyl (C=O) groups excluding carboxylic acids is 1. The Labute approximate surface area is 134 Å². The van der Waals surface area contributed by atoms with Crippen molar-refractivity contribution in [2.24, 2.45) is 0 Å². The zero-order valence-electron chi connectivity index (χ0n) is 13.0. The number of alkyl halides is 1. The van der Waals surface area contributed by atoms with Crippen LogP contribution in [0.4, 0.5) is 4.39 Å². The molecule has 3 heterocycles.